The van der Waals surface area contributed by atoms with Gasteiger partial charge >= 0.3 is 0 Å². The molecule has 0 unspecified atom stereocenters. The maximum absolute atomic E-state index is 5.82. The molecule has 23 heavy (non-hydrogen) atoms. The lowest BCUT2D eigenvalue weighted by Gasteiger charge is -2.22. The van der Waals surface area contributed by atoms with Crippen LogP contribution in [0.3, 0.4) is 0 Å². The first kappa shape index (κ1) is 14.9. The van der Waals surface area contributed by atoms with Gasteiger partial charge in [0.25, 0.3) is 0 Å². The van der Waals surface area contributed by atoms with Crippen LogP contribution in [0.25, 0.3) is 11.0 Å². The van der Waals surface area contributed by atoms with Crippen LogP contribution in [0.4, 0.5) is 0 Å². The third kappa shape index (κ3) is 3.63. The van der Waals surface area contributed by atoms with Crippen LogP contribution >= 0.6 is 11.3 Å². The molecule has 0 saturated carbocycles. The fourth-order valence-corrected chi connectivity index (χ4v) is 3.77. The van der Waals surface area contributed by atoms with Crippen LogP contribution in [-0.2, 0) is 17.7 Å². The normalized spacial score (nSPS) is 19.9. The first-order valence-corrected chi connectivity index (χ1v) is 8.94. The van der Waals surface area contributed by atoms with E-state index in [-0.39, 0.29) is 0 Å². The molecular weight excluding hydrogens is 308 g/mol. The molecule has 2 aromatic heterocycles. The van der Waals surface area contributed by atoms with Crippen LogP contribution in [0.15, 0.2) is 45.8 Å². The van der Waals surface area contributed by atoms with E-state index in [2.05, 4.69) is 33.5 Å². The summed E-state index contributed by atoms with van der Waals surface area (Å²) in [4.78, 5) is 6.86. The van der Waals surface area contributed by atoms with Crippen LogP contribution in [-0.4, -0.2) is 36.2 Å². The summed E-state index contributed by atoms with van der Waals surface area (Å²) in [6.07, 6.45) is 2.77. The minimum Gasteiger partial charge on any atom is -0.464 e. The smallest absolute Gasteiger partial charge is 0.134 e. The van der Waals surface area contributed by atoms with E-state index in [1.54, 1.807) is 17.6 Å². The third-order valence-corrected chi connectivity index (χ3v) is 4.97. The summed E-state index contributed by atoms with van der Waals surface area (Å²) < 4.78 is 11.3. The SMILES string of the molecule is c1cc2ccc(C[C@H]3COCCN(Cc4cscn4)C3)cc2o1. The summed E-state index contributed by atoms with van der Waals surface area (Å²) in [5.41, 5.74) is 5.35. The van der Waals surface area contributed by atoms with Crippen LogP contribution in [0, 0.1) is 5.92 Å². The van der Waals surface area contributed by atoms with E-state index in [0.29, 0.717) is 5.92 Å². The lowest BCUT2D eigenvalue weighted by atomic mass is 9.99. The Labute approximate surface area is 139 Å². The van der Waals surface area contributed by atoms with Gasteiger partial charge in [-0.3, -0.25) is 4.90 Å². The predicted molar refractivity (Wildman–Crippen MR) is 91.6 cm³/mol. The van der Waals surface area contributed by atoms with Gasteiger partial charge in [0, 0.05) is 30.4 Å². The van der Waals surface area contributed by atoms with Crippen molar-refractivity contribution in [2.24, 2.45) is 5.92 Å². The van der Waals surface area contributed by atoms with Gasteiger partial charge in [-0.25, -0.2) is 4.98 Å². The summed E-state index contributed by atoms with van der Waals surface area (Å²) in [7, 11) is 0. The molecule has 4 rings (SSSR count). The minimum absolute atomic E-state index is 0.503. The standard InChI is InChI=1S/C18H20N2O2S/c1-2-16-3-5-22-18(16)8-14(1)7-15-9-20(4-6-21-11-15)10-17-12-23-13-19-17/h1-3,5,8,12-13,15H,4,6-7,9-11H2/t15-/m1/s1. The number of nitrogens with zero attached hydrogens (tertiary/aromatic N) is 2. The van der Waals surface area contributed by atoms with E-state index in [0.717, 1.165) is 55.9 Å². The molecule has 4 nitrogen and oxygen atoms in total. The largest absolute Gasteiger partial charge is 0.464 e. The molecule has 1 aliphatic rings. The highest BCUT2D eigenvalue weighted by Crippen LogP contribution is 2.21. The van der Waals surface area contributed by atoms with Gasteiger partial charge in [0.05, 0.1) is 30.7 Å². The van der Waals surface area contributed by atoms with Gasteiger partial charge in [-0.05, 0) is 30.0 Å². The molecular formula is C18H20N2O2S. The molecule has 3 heterocycles. The third-order valence-electron chi connectivity index (χ3n) is 4.34. The summed E-state index contributed by atoms with van der Waals surface area (Å²) in [5.74, 6) is 0.503. The Morgan fingerprint density at radius 3 is 3.22 bits per heavy atom. The van der Waals surface area contributed by atoms with E-state index in [1.807, 2.05) is 11.6 Å². The molecule has 1 aromatic carbocycles. The number of thiazole rings is 1. The second-order valence-corrected chi connectivity index (χ2v) is 6.87. The maximum Gasteiger partial charge on any atom is 0.134 e. The van der Waals surface area contributed by atoms with Crippen molar-refractivity contribution in [2.45, 2.75) is 13.0 Å². The highest BCUT2D eigenvalue weighted by molar-refractivity contribution is 7.07. The maximum atomic E-state index is 5.82. The van der Waals surface area contributed by atoms with Gasteiger partial charge in [0.15, 0.2) is 0 Å². The highest BCUT2D eigenvalue weighted by atomic mass is 32.1. The van der Waals surface area contributed by atoms with Crippen LogP contribution < -0.4 is 0 Å². The molecule has 0 spiro atoms. The van der Waals surface area contributed by atoms with Gasteiger partial charge < -0.3 is 9.15 Å². The summed E-state index contributed by atoms with van der Waals surface area (Å²) in [6, 6.07) is 8.50. The topological polar surface area (TPSA) is 38.5 Å². The molecule has 1 fully saturated rings. The van der Waals surface area contributed by atoms with Crippen molar-refractivity contribution in [3.63, 3.8) is 0 Å². The van der Waals surface area contributed by atoms with E-state index >= 15 is 0 Å². The zero-order chi connectivity index (χ0) is 15.5. The molecule has 0 bridgehead atoms. The fourth-order valence-electron chi connectivity index (χ4n) is 3.22. The molecule has 0 amide bonds. The number of ether oxygens (including phenoxy) is 1. The monoisotopic (exact) mass is 328 g/mol. The van der Waals surface area contributed by atoms with E-state index in [4.69, 9.17) is 9.15 Å². The van der Waals surface area contributed by atoms with Crippen molar-refractivity contribution in [3.05, 3.63) is 52.7 Å². The van der Waals surface area contributed by atoms with Gasteiger partial charge in [0.2, 0.25) is 0 Å². The Morgan fingerprint density at radius 2 is 2.30 bits per heavy atom. The lowest BCUT2D eigenvalue weighted by molar-refractivity contribution is 0.121. The molecule has 120 valence electrons. The van der Waals surface area contributed by atoms with Crippen LogP contribution in [0.1, 0.15) is 11.3 Å². The van der Waals surface area contributed by atoms with E-state index < -0.39 is 0 Å². The highest BCUT2D eigenvalue weighted by Gasteiger charge is 2.20. The zero-order valence-electron chi connectivity index (χ0n) is 13.0. The van der Waals surface area contributed by atoms with Crippen molar-refractivity contribution in [1.82, 2.24) is 9.88 Å². The number of aromatic nitrogens is 1. The van der Waals surface area contributed by atoms with Gasteiger partial charge in [-0.1, -0.05) is 12.1 Å². The molecule has 1 atom stereocenters. The predicted octanol–water partition coefficient (Wildman–Crippen LogP) is 3.58. The van der Waals surface area contributed by atoms with Crippen LogP contribution in [0.5, 0.6) is 0 Å². The first-order valence-electron chi connectivity index (χ1n) is 8.00. The van der Waals surface area contributed by atoms with E-state index in [9.17, 15) is 0 Å². The number of rotatable bonds is 4. The summed E-state index contributed by atoms with van der Waals surface area (Å²) >= 11 is 1.66. The van der Waals surface area contributed by atoms with Crippen molar-refractivity contribution >= 4 is 22.3 Å². The van der Waals surface area contributed by atoms with Crippen molar-refractivity contribution in [3.8, 4) is 0 Å². The zero-order valence-corrected chi connectivity index (χ0v) is 13.8. The second-order valence-electron chi connectivity index (χ2n) is 6.15. The van der Waals surface area contributed by atoms with Gasteiger partial charge in [-0.2, -0.15) is 0 Å². The van der Waals surface area contributed by atoms with Crippen LogP contribution in [0.2, 0.25) is 0 Å². The van der Waals surface area contributed by atoms with E-state index in [1.165, 1.54) is 5.56 Å². The van der Waals surface area contributed by atoms with Crippen molar-refractivity contribution in [1.29, 1.82) is 0 Å². The number of fused-ring (bicyclic) bond motifs is 1. The summed E-state index contributed by atoms with van der Waals surface area (Å²) in [5, 5.41) is 3.29. The average Bonchev–Trinajstić information content (AvgIpc) is 3.17. The molecule has 0 radical (unpaired) electrons. The number of benzene rings is 1. The molecule has 1 aliphatic heterocycles. The average molecular weight is 328 g/mol. The number of hydrogen-bond donors (Lipinski definition) is 0. The quantitative estimate of drug-likeness (QED) is 0.734. The Balaban J connectivity index is 1.44. The number of furan rings is 1. The molecule has 0 N–H and O–H groups in total. The van der Waals surface area contributed by atoms with Crippen molar-refractivity contribution in [2.75, 3.05) is 26.3 Å². The molecule has 3 aromatic rings. The summed E-state index contributed by atoms with van der Waals surface area (Å²) in [6.45, 7) is 4.57. The molecule has 1 saturated heterocycles. The minimum atomic E-state index is 0.503. The number of hydrogen-bond acceptors (Lipinski definition) is 5. The van der Waals surface area contributed by atoms with Gasteiger partial charge in [-0.15, -0.1) is 11.3 Å². The van der Waals surface area contributed by atoms with Crippen molar-refractivity contribution < 1.29 is 9.15 Å². The Hall–Kier alpha value is -1.69. The van der Waals surface area contributed by atoms with Gasteiger partial charge in [0.1, 0.15) is 5.58 Å². The fraction of sp³-hybridized carbons (Fsp3) is 0.389. The molecule has 0 aliphatic carbocycles. The second kappa shape index (κ2) is 6.83. The first-order chi connectivity index (χ1) is 11.4. The Morgan fingerprint density at radius 1 is 1.30 bits per heavy atom. The Bertz CT molecular complexity index is 753. The molecule has 5 heteroatoms. The Kier molecular flexibility index (Phi) is 4.41. The lowest BCUT2D eigenvalue weighted by Crippen LogP contribution is -2.30.